The van der Waals surface area contributed by atoms with Gasteiger partial charge in [-0.2, -0.15) is 26.3 Å². The molecule has 1 amide bonds. The van der Waals surface area contributed by atoms with E-state index in [-0.39, 0.29) is 18.8 Å². The maximum Gasteiger partial charge on any atom is 0.418 e. The normalized spacial score (nSPS) is 11.9. The van der Waals surface area contributed by atoms with Crippen LogP contribution >= 0.6 is 0 Å². The quantitative estimate of drug-likeness (QED) is 0.541. The first-order valence-electron chi connectivity index (χ1n) is 8.94. The van der Waals surface area contributed by atoms with Gasteiger partial charge in [-0.05, 0) is 42.3 Å². The summed E-state index contributed by atoms with van der Waals surface area (Å²) in [6.45, 7) is 1.90. The third kappa shape index (κ3) is 6.30. The number of hydrogen-bond acceptors (Lipinski definition) is 3. The van der Waals surface area contributed by atoms with Crippen molar-refractivity contribution in [1.82, 2.24) is 0 Å². The third-order valence-electron chi connectivity index (χ3n) is 4.12. The van der Waals surface area contributed by atoms with E-state index in [1.807, 2.05) is 0 Å². The fourth-order valence-electron chi connectivity index (χ4n) is 2.62. The molecular weight excluding hydrogens is 414 g/mol. The minimum atomic E-state index is -4.74. The molecule has 164 valence electrons. The van der Waals surface area contributed by atoms with Crippen molar-refractivity contribution in [3.63, 3.8) is 0 Å². The number of nitrogens with zero attached hydrogens (tertiary/aromatic N) is 1. The van der Waals surface area contributed by atoms with E-state index in [9.17, 15) is 31.1 Å². The summed E-state index contributed by atoms with van der Waals surface area (Å²) in [5.41, 5.74) is -1.65. The van der Waals surface area contributed by atoms with E-state index in [0.29, 0.717) is 12.0 Å². The summed E-state index contributed by atoms with van der Waals surface area (Å²) in [6.07, 6.45) is -9.67. The third-order valence-corrected chi connectivity index (χ3v) is 4.12. The number of hydrogen-bond donors (Lipinski definition) is 1. The van der Waals surface area contributed by atoms with Gasteiger partial charge in [0.15, 0.2) is 0 Å². The highest BCUT2D eigenvalue weighted by atomic mass is 19.4. The molecule has 0 aromatic heterocycles. The number of ether oxygens (including phenoxy) is 1. The lowest BCUT2D eigenvalue weighted by molar-refractivity contribution is -0.138. The Hall–Kier alpha value is -2.91. The second kappa shape index (κ2) is 9.27. The van der Waals surface area contributed by atoms with E-state index in [4.69, 9.17) is 4.74 Å². The molecule has 0 fully saturated rings. The number of halogens is 6. The van der Waals surface area contributed by atoms with Gasteiger partial charge in [-0.3, -0.25) is 5.32 Å². The fraction of sp³-hybridized carbons (Fsp3) is 0.350. The Morgan fingerprint density at radius 2 is 1.63 bits per heavy atom. The van der Waals surface area contributed by atoms with Gasteiger partial charge in [0.25, 0.3) is 0 Å². The molecule has 0 atom stereocenters. The van der Waals surface area contributed by atoms with Gasteiger partial charge in [-0.15, -0.1) is 0 Å². The van der Waals surface area contributed by atoms with E-state index in [2.05, 4.69) is 5.32 Å². The highest BCUT2D eigenvalue weighted by molar-refractivity contribution is 5.86. The van der Waals surface area contributed by atoms with Gasteiger partial charge in [-0.1, -0.05) is 19.1 Å². The van der Waals surface area contributed by atoms with Gasteiger partial charge in [0.2, 0.25) is 0 Å². The number of carbonyl (C=O) groups excluding carboxylic acids is 1. The molecule has 30 heavy (non-hydrogen) atoms. The van der Waals surface area contributed by atoms with Crippen molar-refractivity contribution in [1.29, 1.82) is 0 Å². The molecular formula is C20H20F6N2O2. The van der Waals surface area contributed by atoms with E-state index < -0.39 is 35.3 Å². The van der Waals surface area contributed by atoms with Crippen LogP contribution in [0.15, 0.2) is 42.5 Å². The monoisotopic (exact) mass is 434 g/mol. The first-order valence-corrected chi connectivity index (χ1v) is 8.94. The molecule has 0 bridgehead atoms. The summed E-state index contributed by atoms with van der Waals surface area (Å²) in [7, 11) is 1.51. The van der Waals surface area contributed by atoms with Crippen LogP contribution in [0.4, 0.5) is 42.5 Å². The zero-order valence-electron chi connectivity index (χ0n) is 16.2. The highest BCUT2D eigenvalue weighted by Crippen LogP contribution is 2.37. The number of benzene rings is 2. The maximum absolute atomic E-state index is 13.5. The lowest BCUT2D eigenvalue weighted by Gasteiger charge is -2.22. The predicted octanol–water partition coefficient (Wildman–Crippen LogP) is 6.32. The predicted molar refractivity (Wildman–Crippen MR) is 100 cm³/mol. The van der Waals surface area contributed by atoms with Crippen LogP contribution in [0.3, 0.4) is 0 Å². The van der Waals surface area contributed by atoms with Crippen molar-refractivity contribution < 1.29 is 35.9 Å². The van der Waals surface area contributed by atoms with Crippen LogP contribution in [-0.2, 0) is 23.6 Å². The second-order valence-electron chi connectivity index (χ2n) is 6.54. The number of anilines is 2. The summed E-state index contributed by atoms with van der Waals surface area (Å²) in [4.78, 5) is 13.1. The fourth-order valence-corrected chi connectivity index (χ4v) is 2.62. The Kier molecular flexibility index (Phi) is 7.22. The molecule has 0 aliphatic rings. The van der Waals surface area contributed by atoms with Gasteiger partial charge < -0.3 is 9.64 Å². The largest absolute Gasteiger partial charge is 0.449 e. The number of alkyl halides is 6. The Bertz CT molecular complexity index is 863. The van der Waals surface area contributed by atoms with Crippen LogP contribution in [-0.4, -0.2) is 19.7 Å². The average molecular weight is 434 g/mol. The van der Waals surface area contributed by atoms with Crippen molar-refractivity contribution >= 4 is 17.5 Å². The molecule has 0 aliphatic carbocycles. The van der Waals surface area contributed by atoms with Gasteiger partial charge in [0, 0.05) is 19.3 Å². The van der Waals surface area contributed by atoms with E-state index in [1.165, 1.54) is 30.1 Å². The molecule has 0 saturated carbocycles. The Labute approximate surface area is 169 Å². The minimum Gasteiger partial charge on any atom is -0.449 e. The van der Waals surface area contributed by atoms with Gasteiger partial charge in [-0.25, -0.2) is 4.79 Å². The topological polar surface area (TPSA) is 41.6 Å². The Balaban J connectivity index is 2.21. The molecule has 0 unspecified atom stereocenters. The van der Waals surface area contributed by atoms with Crippen LogP contribution < -0.4 is 10.2 Å². The van der Waals surface area contributed by atoms with E-state index in [1.54, 1.807) is 6.92 Å². The summed E-state index contributed by atoms with van der Waals surface area (Å²) in [5.74, 6) is 0. The van der Waals surface area contributed by atoms with Gasteiger partial charge >= 0.3 is 18.4 Å². The zero-order valence-corrected chi connectivity index (χ0v) is 16.2. The van der Waals surface area contributed by atoms with Crippen molar-refractivity contribution in [2.24, 2.45) is 0 Å². The SMILES string of the molecule is CCCOC(=O)Nc1ccc(N(C)Cc2ccc(C(F)(F)F)cc2)cc1C(F)(F)F. The first kappa shape index (κ1) is 23.4. The van der Waals surface area contributed by atoms with Gasteiger partial charge in [0.05, 0.1) is 23.4 Å². The molecule has 10 heteroatoms. The average Bonchev–Trinajstić information content (AvgIpc) is 2.65. The van der Waals surface area contributed by atoms with Crippen molar-refractivity contribution in [2.45, 2.75) is 32.2 Å². The lowest BCUT2D eigenvalue weighted by Crippen LogP contribution is -2.20. The highest BCUT2D eigenvalue weighted by Gasteiger charge is 2.35. The van der Waals surface area contributed by atoms with Crippen molar-refractivity contribution in [3.05, 3.63) is 59.2 Å². The van der Waals surface area contributed by atoms with Crippen LogP contribution in [0.2, 0.25) is 0 Å². The Morgan fingerprint density at radius 1 is 1.00 bits per heavy atom. The first-order chi connectivity index (χ1) is 13.9. The van der Waals surface area contributed by atoms with Gasteiger partial charge in [0.1, 0.15) is 0 Å². The maximum atomic E-state index is 13.5. The smallest absolute Gasteiger partial charge is 0.418 e. The van der Waals surface area contributed by atoms with Crippen LogP contribution in [0.25, 0.3) is 0 Å². The van der Waals surface area contributed by atoms with Crippen molar-refractivity contribution in [2.75, 3.05) is 23.9 Å². The molecule has 2 aromatic rings. The van der Waals surface area contributed by atoms with Crippen molar-refractivity contribution in [3.8, 4) is 0 Å². The number of carbonyl (C=O) groups is 1. The Morgan fingerprint density at radius 3 is 2.17 bits per heavy atom. The molecule has 2 rings (SSSR count). The summed E-state index contributed by atoms with van der Waals surface area (Å²) < 4.78 is 83.1. The number of amides is 1. The summed E-state index contributed by atoms with van der Waals surface area (Å²) >= 11 is 0. The molecule has 0 saturated heterocycles. The van der Waals surface area contributed by atoms with Crippen LogP contribution in [0, 0.1) is 0 Å². The molecule has 0 radical (unpaired) electrons. The van der Waals surface area contributed by atoms with Crippen LogP contribution in [0.1, 0.15) is 30.0 Å². The zero-order chi connectivity index (χ0) is 22.5. The summed E-state index contributed by atoms with van der Waals surface area (Å²) in [5, 5.41) is 2.08. The molecule has 4 nitrogen and oxygen atoms in total. The van der Waals surface area contributed by atoms with E-state index >= 15 is 0 Å². The number of rotatable bonds is 6. The molecule has 0 heterocycles. The molecule has 1 N–H and O–H groups in total. The molecule has 2 aromatic carbocycles. The number of nitrogens with one attached hydrogen (secondary N) is 1. The standard InChI is InChI=1S/C20H20F6N2O2/c1-3-10-30-18(29)27-17-9-8-15(11-16(17)20(24,25)26)28(2)12-13-4-6-14(7-5-13)19(21,22)23/h4-9,11H,3,10,12H2,1-2H3,(H,27,29). The minimum absolute atomic E-state index is 0.0706. The molecule has 0 spiro atoms. The second-order valence-corrected chi connectivity index (χ2v) is 6.54. The molecule has 0 aliphatic heterocycles. The van der Waals surface area contributed by atoms with E-state index in [0.717, 1.165) is 24.3 Å². The van der Waals surface area contributed by atoms with Crippen LogP contribution in [0.5, 0.6) is 0 Å². The summed E-state index contributed by atoms with van der Waals surface area (Å²) in [6, 6.07) is 7.70. The lowest BCUT2D eigenvalue weighted by atomic mass is 10.1.